The van der Waals surface area contributed by atoms with Crippen LogP contribution in [-0.2, 0) is 11.2 Å². The molecule has 1 aliphatic rings. The van der Waals surface area contributed by atoms with Gasteiger partial charge in [0.25, 0.3) is 0 Å². The average molecular weight is 399 g/mol. The van der Waals surface area contributed by atoms with Gasteiger partial charge in [-0.15, -0.1) is 0 Å². The molecule has 0 aliphatic carbocycles. The fraction of sp³-hybridized carbons (Fsp3) is 0.611. The minimum atomic E-state index is 0.0526. The predicted octanol–water partition coefficient (Wildman–Crippen LogP) is 3.00. The number of benzene rings is 1. The number of piperidine rings is 1. The topological polar surface area (TPSA) is 50.8 Å². The van der Waals surface area contributed by atoms with E-state index in [1.807, 2.05) is 26.0 Å². The van der Waals surface area contributed by atoms with Crippen LogP contribution in [0.5, 0.6) is 11.5 Å². The first kappa shape index (κ1) is 19.1. The van der Waals surface area contributed by atoms with Gasteiger partial charge in [0.15, 0.2) is 11.5 Å². The van der Waals surface area contributed by atoms with E-state index in [0.717, 1.165) is 36.0 Å². The highest BCUT2D eigenvalue weighted by atomic mass is 79.9. The first-order valence-corrected chi connectivity index (χ1v) is 9.38. The van der Waals surface area contributed by atoms with Crippen molar-refractivity contribution >= 4 is 21.8 Å². The van der Waals surface area contributed by atoms with Gasteiger partial charge >= 0.3 is 0 Å². The van der Waals surface area contributed by atoms with Crippen LogP contribution in [0.1, 0.15) is 32.3 Å². The average Bonchev–Trinajstić information content (AvgIpc) is 2.54. The second-order valence-corrected chi connectivity index (χ2v) is 6.93. The monoisotopic (exact) mass is 398 g/mol. The molecule has 0 saturated carbocycles. The van der Waals surface area contributed by atoms with E-state index in [1.54, 1.807) is 0 Å². The zero-order chi connectivity index (χ0) is 17.5. The Morgan fingerprint density at radius 1 is 1.21 bits per heavy atom. The Balaban J connectivity index is 2.02. The van der Waals surface area contributed by atoms with Gasteiger partial charge in [-0.3, -0.25) is 4.79 Å². The summed E-state index contributed by atoms with van der Waals surface area (Å²) in [5.41, 5.74) is 0.910. The number of halogens is 1. The first-order valence-electron chi connectivity index (χ1n) is 8.59. The summed E-state index contributed by atoms with van der Waals surface area (Å²) in [6.07, 6.45) is 2.35. The maximum absolute atomic E-state index is 12.4. The molecule has 134 valence electrons. The summed E-state index contributed by atoms with van der Waals surface area (Å²) in [5, 5.41) is 3.15. The van der Waals surface area contributed by atoms with Crippen molar-refractivity contribution in [3.8, 4) is 11.5 Å². The zero-order valence-electron chi connectivity index (χ0n) is 14.7. The molecule has 0 spiro atoms. The maximum atomic E-state index is 12.4. The smallest absolute Gasteiger partial charge is 0.224 e. The Hall–Kier alpha value is -1.27. The number of carbonyl (C=O) groups excluding carboxylic acids is 1. The standard InChI is InChI=1S/C18H27BrN2O3/c1-4-23-16-10-13(15(19)12-17(16)24-5-2)11-18(22)20-14-6-8-21(3)9-7-14/h10,12,14H,4-9,11H2,1-3H3,(H,20,22). The van der Waals surface area contributed by atoms with Crippen molar-refractivity contribution in [3.63, 3.8) is 0 Å². The lowest BCUT2D eigenvalue weighted by atomic mass is 10.0. The molecule has 24 heavy (non-hydrogen) atoms. The number of hydrogen-bond donors (Lipinski definition) is 1. The van der Waals surface area contributed by atoms with E-state index in [0.29, 0.717) is 31.1 Å². The van der Waals surface area contributed by atoms with E-state index >= 15 is 0 Å². The molecule has 1 fully saturated rings. The number of ether oxygens (including phenoxy) is 2. The second kappa shape index (κ2) is 9.28. The van der Waals surface area contributed by atoms with Crippen LogP contribution in [0.25, 0.3) is 0 Å². The van der Waals surface area contributed by atoms with Crippen LogP contribution in [0.3, 0.4) is 0 Å². The molecule has 6 heteroatoms. The fourth-order valence-electron chi connectivity index (χ4n) is 2.85. The highest BCUT2D eigenvalue weighted by Crippen LogP contribution is 2.34. The van der Waals surface area contributed by atoms with Crippen LogP contribution in [0.15, 0.2) is 16.6 Å². The van der Waals surface area contributed by atoms with Gasteiger partial charge in [-0.25, -0.2) is 0 Å². The van der Waals surface area contributed by atoms with Crippen LogP contribution >= 0.6 is 15.9 Å². The van der Waals surface area contributed by atoms with Gasteiger partial charge < -0.3 is 19.7 Å². The summed E-state index contributed by atoms with van der Waals surface area (Å²) in [6.45, 7) is 7.07. The molecule has 5 nitrogen and oxygen atoms in total. The quantitative estimate of drug-likeness (QED) is 0.766. The summed E-state index contributed by atoms with van der Waals surface area (Å²) >= 11 is 3.54. The van der Waals surface area contributed by atoms with Crippen molar-refractivity contribution in [1.29, 1.82) is 0 Å². The van der Waals surface area contributed by atoms with Gasteiger partial charge in [0.1, 0.15) is 0 Å². The van der Waals surface area contributed by atoms with E-state index in [-0.39, 0.29) is 11.9 Å². The lowest BCUT2D eigenvalue weighted by Crippen LogP contribution is -2.43. The Labute approximate surface area is 152 Å². The molecule has 0 radical (unpaired) electrons. The predicted molar refractivity (Wildman–Crippen MR) is 98.8 cm³/mol. The van der Waals surface area contributed by atoms with Gasteiger partial charge in [-0.2, -0.15) is 0 Å². The maximum Gasteiger partial charge on any atom is 0.224 e. The number of amides is 1. The Kier molecular flexibility index (Phi) is 7.37. The second-order valence-electron chi connectivity index (χ2n) is 6.08. The summed E-state index contributed by atoms with van der Waals surface area (Å²) in [7, 11) is 2.12. The molecule has 1 amide bonds. The molecule has 1 aromatic rings. The van der Waals surface area contributed by atoms with E-state index < -0.39 is 0 Å². The van der Waals surface area contributed by atoms with E-state index in [1.165, 1.54) is 0 Å². The molecule has 2 rings (SSSR count). The summed E-state index contributed by atoms with van der Waals surface area (Å²) in [4.78, 5) is 14.7. The van der Waals surface area contributed by atoms with Crippen molar-refractivity contribution < 1.29 is 14.3 Å². The van der Waals surface area contributed by atoms with Gasteiger partial charge in [-0.05, 0) is 64.5 Å². The van der Waals surface area contributed by atoms with Gasteiger partial charge in [0, 0.05) is 10.5 Å². The normalized spacial score (nSPS) is 16.0. The van der Waals surface area contributed by atoms with E-state index in [9.17, 15) is 4.79 Å². The number of carbonyl (C=O) groups is 1. The van der Waals surface area contributed by atoms with Crippen LogP contribution in [0, 0.1) is 0 Å². The number of nitrogens with one attached hydrogen (secondary N) is 1. The Morgan fingerprint density at radius 2 is 1.79 bits per heavy atom. The fourth-order valence-corrected chi connectivity index (χ4v) is 3.32. The van der Waals surface area contributed by atoms with Gasteiger partial charge in [-0.1, -0.05) is 15.9 Å². The van der Waals surface area contributed by atoms with Gasteiger partial charge in [0.05, 0.1) is 19.6 Å². The molecule has 0 aromatic heterocycles. The van der Waals surface area contributed by atoms with Crippen molar-refractivity contribution in [2.45, 2.75) is 39.2 Å². The largest absolute Gasteiger partial charge is 0.490 e. The Morgan fingerprint density at radius 3 is 2.38 bits per heavy atom. The highest BCUT2D eigenvalue weighted by molar-refractivity contribution is 9.10. The van der Waals surface area contributed by atoms with Crippen molar-refractivity contribution in [1.82, 2.24) is 10.2 Å². The van der Waals surface area contributed by atoms with E-state index in [2.05, 4.69) is 33.2 Å². The highest BCUT2D eigenvalue weighted by Gasteiger charge is 2.19. The van der Waals surface area contributed by atoms with Crippen LogP contribution < -0.4 is 14.8 Å². The van der Waals surface area contributed by atoms with E-state index in [4.69, 9.17) is 9.47 Å². The van der Waals surface area contributed by atoms with Crippen molar-refractivity contribution in [3.05, 3.63) is 22.2 Å². The van der Waals surface area contributed by atoms with Crippen LogP contribution in [-0.4, -0.2) is 50.2 Å². The third-order valence-corrected chi connectivity index (χ3v) is 4.89. The van der Waals surface area contributed by atoms with Gasteiger partial charge in [0.2, 0.25) is 5.91 Å². The molecular weight excluding hydrogens is 372 g/mol. The van der Waals surface area contributed by atoms with Crippen molar-refractivity contribution in [2.75, 3.05) is 33.4 Å². The molecule has 1 heterocycles. The molecule has 0 bridgehead atoms. The molecule has 0 unspecified atom stereocenters. The summed E-state index contributed by atoms with van der Waals surface area (Å²) in [5.74, 6) is 1.44. The Bertz CT molecular complexity index is 557. The molecule has 1 aliphatic heterocycles. The minimum absolute atomic E-state index is 0.0526. The molecule has 1 N–H and O–H groups in total. The molecule has 1 aromatic carbocycles. The zero-order valence-corrected chi connectivity index (χ0v) is 16.3. The number of hydrogen-bond acceptors (Lipinski definition) is 4. The lowest BCUT2D eigenvalue weighted by Gasteiger charge is -2.29. The molecule has 0 atom stereocenters. The number of nitrogens with zero attached hydrogens (tertiary/aromatic N) is 1. The first-order chi connectivity index (χ1) is 11.5. The van der Waals surface area contributed by atoms with Crippen molar-refractivity contribution in [2.24, 2.45) is 0 Å². The van der Waals surface area contributed by atoms with Crippen LogP contribution in [0.4, 0.5) is 0 Å². The number of rotatable bonds is 7. The lowest BCUT2D eigenvalue weighted by molar-refractivity contribution is -0.121. The third kappa shape index (κ3) is 5.38. The third-order valence-electron chi connectivity index (χ3n) is 4.15. The molecule has 1 saturated heterocycles. The number of likely N-dealkylation sites (tertiary alicyclic amines) is 1. The minimum Gasteiger partial charge on any atom is -0.490 e. The SMILES string of the molecule is CCOc1cc(Br)c(CC(=O)NC2CCN(C)CC2)cc1OCC. The van der Waals surface area contributed by atoms with Crippen LogP contribution in [0.2, 0.25) is 0 Å². The summed E-state index contributed by atoms with van der Waals surface area (Å²) < 4.78 is 12.1. The molecular formula is C18H27BrN2O3. The summed E-state index contributed by atoms with van der Waals surface area (Å²) in [6, 6.07) is 4.06.